The molecule has 3 saturated heterocycles. The number of nitrogens with zero attached hydrogens (tertiary/aromatic N) is 2. The number of likely N-dealkylation sites (tertiary alicyclic amines) is 1. The van der Waals surface area contributed by atoms with Gasteiger partial charge in [-0.3, -0.25) is 14.4 Å². The summed E-state index contributed by atoms with van der Waals surface area (Å²) in [6, 6.07) is -0.747. The van der Waals surface area contributed by atoms with E-state index in [0.29, 0.717) is 13.0 Å². The number of fused-ring (bicyclic) bond motifs is 1. The topological polar surface area (TPSA) is 87.2 Å². The van der Waals surface area contributed by atoms with E-state index in [9.17, 15) is 19.5 Å². The van der Waals surface area contributed by atoms with Gasteiger partial charge in [0.25, 0.3) is 0 Å². The lowest BCUT2D eigenvalue weighted by Crippen LogP contribution is -2.56. The van der Waals surface area contributed by atoms with Crippen molar-refractivity contribution in [2.24, 2.45) is 11.8 Å². The van der Waals surface area contributed by atoms with Gasteiger partial charge in [-0.15, -0.1) is 18.3 Å². The quantitative estimate of drug-likeness (QED) is 0.469. The average molecular weight is 425 g/mol. The van der Waals surface area contributed by atoms with Gasteiger partial charge in [0.1, 0.15) is 6.04 Å². The van der Waals surface area contributed by atoms with Gasteiger partial charge in [-0.05, 0) is 40.5 Å². The monoisotopic (exact) mass is 424 g/mol. The number of aliphatic hydroxyl groups excluding tert-OH is 1. The fourth-order valence-corrected chi connectivity index (χ4v) is 7.83. The molecule has 0 aromatic heterocycles. The Bertz CT molecular complexity index is 713. The number of hydrogen-bond acceptors (Lipinski definition) is 6. The van der Waals surface area contributed by atoms with Crippen molar-refractivity contribution in [2.45, 2.75) is 62.1 Å². The van der Waals surface area contributed by atoms with Crippen LogP contribution in [-0.2, 0) is 19.1 Å². The number of aliphatic hydroxyl groups is 1. The van der Waals surface area contributed by atoms with Crippen LogP contribution < -0.4 is 0 Å². The van der Waals surface area contributed by atoms with Crippen molar-refractivity contribution in [1.82, 2.24) is 9.80 Å². The van der Waals surface area contributed by atoms with Crippen molar-refractivity contribution in [1.29, 1.82) is 0 Å². The highest BCUT2D eigenvalue weighted by molar-refractivity contribution is 8.02. The van der Waals surface area contributed by atoms with Crippen LogP contribution in [0, 0.1) is 11.8 Å². The molecule has 0 radical (unpaired) electrons. The average Bonchev–Trinajstić information content (AvgIpc) is 3.21. The van der Waals surface area contributed by atoms with E-state index < -0.39 is 27.4 Å². The van der Waals surface area contributed by atoms with Crippen molar-refractivity contribution >= 4 is 29.5 Å². The normalized spacial score (nSPS) is 35.2. The summed E-state index contributed by atoms with van der Waals surface area (Å²) in [5.74, 6) is -1.87. The Balaban J connectivity index is 2.07. The van der Waals surface area contributed by atoms with Crippen molar-refractivity contribution < 1.29 is 24.2 Å². The van der Waals surface area contributed by atoms with Crippen LogP contribution in [-0.4, -0.2) is 80.6 Å². The van der Waals surface area contributed by atoms with E-state index in [1.165, 1.54) is 4.90 Å². The lowest BCUT2D eigenvalue weighted by molar-refractivity contribution is -0.155. The summed E-state index contributed by atoms with van der Waals surface area (Å²) < 4.78 is 4.25. The summed E-state index contributed by atoms with van der Waals surface area (Å²) in [6.45, 7) is 11.9. The molecule has 1 spiro atoms. The van der Waals surface area contributed by atoms with Crippen LogP contribution in [0.4, 0.5) is 0 Å². The van der Waals surface area contributed by atoms with E-state index >= 15 is 0 Å². The van der Waals surface area contributed by atoms with E-state index in [2.05, 4.69) is 6.58 Å². The Morgan fingerprint density at radius 1 is 1.45 bits per heavy atom. The largest absolute Gasteiger partial charge is 0.466 e. The highest BCUT2D eigenvalue weighted by Crippen LogP contribution is 2.71. The van der Waals surface area contributed by atoms with E-state index in [-0.39, 0.29) is 43.6 Å². The van der Waals surface area contributed by atoms with Gasteiger partial charge >= 0.3 is 5.97 Å². The molecular weight excluding hydrogens is 392 g/mol. The Morgan fingerprint density at radius 3 is 2.69 bits per heavy atom. The lowest BCUT2D eigenvalue weighted by Gasteiger charge is -2.38. The van der Waals surface area contributed by atoms with Crippen molar-refractivity contribution in [3.05, 3.63) is 12.7 Å². The van der Waals surface area contributed by atoms with Gasteiger partial charge in [0.05, 0.1) is 29.8 Å². The zero-order valence-corrected chi connectivity index (χ0v) is 18.5. The standard InChI is InChI=1S/C21H32N2O5S/c1-6-10-22(13(3)4)18(26)16-21-9-8-20(5,29-21)15(19(27)28-7-2)14(21)17(25)23(16)11-12-24/h6,13-16,24H,1,7-12H2,2-5H3/t14-,15-,16?,20+,21?/m0/s1. The molecule has 2 bridgehead atoms. The molecule has 162 valence electrons. The van der Waals surface area contributed by atoms with Crippen LogP contribution >= 0.6 is 11.8 Å². The van der Waals surface area contributed by atoms with Crippen LogP contribution in [0.25, 0.3) is 0 Å². The predicted molar refractivity (Wildman–Crippen MR) is 111 cm³/mol. The lowest BCUT2D eigenvalue weighted by atomic mass is 9.66. The summed E-state index contributed by atoms with van der Waals surface area (Å²) in [5, 5.41) is 9.60. The van der Waals surface area contributed by atoms with Gasteiger partial charge in [-0.1, -0.05) is 6.08 Å². The highest BCUT2D eigenvalue weighted by Gasteiger charge is 2.77. The third-order valence-electron chi connectivity index (χ3n) is 6.62. The number of hydrogen-bond donors (Lipinski definition) is 1. The summed E-state index contributed by atoms with van der Waals surface area (Å²) in [5.41, 5.74) is 0. The molecule has 2 amide bonds. The van der Waals surface area contributed by atoms with Gasteiger partial charge in [0, 0.05) is 23.9 Å². The molecule has 3 aliphatic rings. The molecule has 1 N–H and O–H groups in total. The van der Waals surface area contributed by atoms with Crippen LogP contribution in [0.2, 0.25) is 0 Å². The van der Waals surface area contributed by atoms with Crippen molar-refractivity contribution in [2.75, 3.05) is 26.3 Å². The number of rotatable bonds is 8. The predicted octanol–water partition coefficient (Wildman–Crippen LogP) is 1.45. The Morgan fingerprint density at radius 2 is 2.14 bits per heavy atom. The minimum atomic E-state index is -0.694. The molecule has 0 saturated carbocycles. The number of ether oxygens (including phenoxy) is 1. The minimum absolute atomic E-state index is 0.0536. The molecule has 3 aliphatic heterocycles. The van der Waals surface area contributed by atoms with Gasteiger partial charge in [0.15, 0.2) is 0 Å². The molecule has 29 heavy (non-hydrogen) atoms. The first kappa shape index (κ1) is 22.2. The second-order valence-corrected chi connectivity index (χ2v) is 10.5. The fraction of sp³-hybridized carbons (Fsp3) is 0.762. The maximum absolute atomic E-state index is 13.7. The first-order valence-corrected chi connectivity index (χ1v) is 11.2. The second-order valence-electron chi connectivity index (χ2n) is 8.61. The summed E-state index contributed by atoms with van der Waals surface area (Å²) in [7, 11) is 0. The molecule has 0 aromatic rings. The number of esters is 1. The zero-order chi connectivity index (χ0) is 21.6. The summed E-state index contributed by atoms with van der Waals surface area (Å²) in [4.78, 5) is 43.3. The summed E-state index contributed by atoms with van der Waals surface area (Å²) in [6.07, 6.45) is 3.13. The molecule has 3 heterocycles. The first-order chi connectivity index (χ1) is 13.7. The second kappa shape index (κ2) is 7.95. The maximum Gasteiger partial charge on any atom is 0.311 e. The van der Waals surface area contributed by atoms with Gasteiger partial charge in [-0.25, -0.2) is 0 Å². The minimum Gasteiger partial charge on any atom is -0.466 e. The third kappa shape index (κ3) is 3.19. The Kier molecular flexibility index (Phi) is 6.07. The Hall–Kier alpha value is -1.54. The SMILES string of the molecule is C=CCN(C(=O)C1N(CCO)C(=O)[C@@H]2[C@@H](C(=O)OCC)[C@@]3(C)CCC12S3)C(C)C. The van der Waals surface area contributed by atoms with Crippen LogP contribution in [0.1, 0.15) is 40.5 Å². The zero-order valence-electron chi connectivity index (χ0n) is 17.7. The summed E-state index contributed by atoms with van der Waals surface area (Å²) >= 11 is 1.61. The maximum atomic E-state index is 13.7. The number of β-amino-alcohol motifs (C(OH)–C–C–N with tert-alkyl or cyclic N) is 1. The van der Waals surface area contributed by atoms with E-state index in [1.807, 2.05) is 20.8 Å². The van der Waals surface area contributed by atoms with Crippen molar-refractivity contribution in [3.63, 3.8) is 0 Å². The smallest absolute Gasteiger partial charge is 0.311 e. The van der Waals surface area contributed by atoms with Gasteiger partial charge < -0.3 is 19.6 Å². The first-order valence-electron chi connectivity index (χ1n) is 10.4. The van der Waals surface area contributed by atoms with Crippen LogP contribution in [0.5, 0.6) is 0 Å². The van der Waals surface area contributed by atoms with Crippen molar-refractivity contribution in [3.8, 4) is 0 Å². The fourth-order valence-electron chi connectivity index (χ4n) is 5.49. The molecule has 7 nitrogen and oxygen atoms in total. The Labute approximate surface area is 176 Å². The molecule has 0 aliphatic carbocycles. The third-order valence-corrected chi connectivity index (χ3v) is 8.61. The van der Waals surface area contributed by atoms with E-state index in [1.54, 1.807) is 29.7 Å². The number of amides is 2. The van der Waals surface area contributed by atoms with E-state index in [0.717, 1.165) is 6.42 Å². The molecular formula is C21H32N2O5S. The highest BCUT2D eigenvalue weighted by atomic mass is 32.2. The number of thioether (sulfide) groups is 1. The molecule has 2 unspecified atom stereocenters. The molecule has 8 heteroatoms. The van der Waals surface area contributed by atoms with Crippen LogP contribution in [0.3, 0.4) is 0 Å². The van der Waals surface area contributed by atoms with Crippen LogP contribution in [0.15, 0.2) is 12.7 Å². The molecule has 3 rings (SSSR count). The molecule has 3 fully saturated rings. The van der Waals surface area contributed by atoms with E-state index in [4.69, 9.17) is 4.74 Å². The molecule has 0 aromatic carbocycles. The number of carbonyl (C=O) groups is 3. The van der Waals surface area contributed by atoms with Gasteiger partial charge in [-0.2, -0.15) is 0 Å². The van der Waals surface area contributed by atoms with Gasteiger partial charge in [0.2, 0.25) is 11.8 Å². The number of carbonyl (C=O) groups excluding carboxylic acids is 3. The molecule has 5 atom stereocenters.